The Labute approximate surface area is 316 Å². The summed E-state index contributed by atoms with van der Waals surface area (Å²) in [6.07, 6.45) is 4.75. The Hall–Kier alpha value is -4.70. The molecule has 2 aliphatic heterocycles. The molecule has 3 heterocycles. The summed E-state index contributed by atoms with van der Waals surface area (Å²) in [6, 6.07) is 37.0. The molecule has 0 unspecified atom stereocenters. The molecule has 3 nitrogen and oxygen atoms in total. The van der Waals surface area contributed by atoms with Crippen molar-refractivity contribution in [1.29, 1.82) is 0 Å². The second-order valence-corrected chi connectivity index (χ2v) is 19.2. The third-order valence-electron chi connectivity index (χ3n) is 13.8. The summed E-state index contributed by atoms with van der Waals surface area (Å²) in [6.45, 7) is 21.8. The second kappa shape index (κ2) is 10.7. The van der Waals surface area contributed by atoms with Crippen molar-refractivity contribution in [2.45, 2.75) is 110 Å². The maximum atomic E-state index is 7.02. The van der Waals surface area contributed by atoms with Gasteiger partial charge in [0.2, 0.25) is 5.88 Å². The lowest BCUT2D eigenvalue weighted by atomic mass is 9.43. The molecule has 4 heteroatoms. The number of aryl methyl sites for hydroxylation is 1. The highest BCUT2D eigenvalue weighted by atomic mass is 16.4. The second-order valence-electron chi connectivity index (χ2n) is 19.2. The predicted molar refractivity (Wildman–Crippen MR) is 225 cm³/mol. The summed E-state index contributed by atoms with van der Waals surface area (Å²) in [7, 11) is 0. The van der Waals surface area contributed by atoms with Crippen LogP contribution < -0.4 is 20.6 Å². The molecule has 4 aliphatic rings. The van der Waals surface area contributed by atoms with Crippen LogP contribution in [0.15, 0.2) is 101 Å². The van der Waals surface area contributed by atoms with E-state index in [2.05, 4.69) is 169 Å². The summed E-state index contributed by atoms with van der Waals surface area (Å²) in [4.78, 5) is 5.11. The van der Waals surface area contributed by atoms with Crippen LogP contribution >= 0.6 is 0 Å². The van der Waals surface area contributed by atoms with E-state index in [9.17, 15) is 0 Å². The molecule has 0 atom stereocenters. The van der Waals surface area contributed by atoms with Crippen LogP contribution in [0.25, 0.3) is 22.1 Å². The van der Waals surface area contributed by atoms with Gasteiger partial charge < -0.3 is 9.23 Å². The Morgan fingerprint density at radius 2 is 1.13 bits per heavy atom. The van der Waals surface area contributed by atoms with Gasteiger partial charge in [-0.3, -0.25) is 4.90 Å². The Morgan fingerprint density at radius 1 is 0.528 bits per heavy atom. The zero-order chi connectivity index (χ0) is 36.8. The summed E-state index contributed by atoms with van der Waals surface area (Å²) >= 11 is 0. The zero-order valence-electron chi connectivity index (χ0n) is 32.9. The molecule has 10 rings (SSSR count). The van der Waals surface area contributed by atoms with Crippen molar-refractivity contribution in [3.8, 4) is 11.1 Å². The topological polar surface area (TPSA) is 19.6 Å². The largest absolute Gasteiger partial charge is 0.440 e. The first kappa shape index (κ1) is 32.9. The molecule has 5 aromatic carbocycles. The van der Waals surface area contributed by atoms with Gasteiger partial charge in [-0.1, -0.05) is 104 Å². The molecule has 266 valence electrons. The van der Waals surface area contributed by atoms with Crippen molar-refractivity contribution < 1.29 is 4.42 Å². The number of hydrogen-bond acceptors (Lipinski definition) is 3. The van der Waals surface area contributed by atoms with Crippen molar-refractivity contribution in [2.75, 3.05) is 9.71 Å². The molecule has 0 N–H and O–H groups in total. The smallest absolute Gasteiger partial charge is 0.337 e. The Morgan fingerprint density at radius 3 is 1.83 bits per heavy atom. The van der Waals surface area contributed by atoms with Gasteiger partial charge in [-0.15, -0.1) is 0 Å². The fraction of sp³-hybridized carbons (Fsp3) is 0.347. The molecule has 2 aliphatic carbocycles. The number of fused-ring (bicyclic) bond motifs is 8. The molecule has 0 radical (unpaired) electrons. The molecular weight excluding hydrogens is 643 g/mol. The van der Waals surface area contributed by atoms with Crippen LogP contribution in [0.3, 0.4) is 0 Å². The van der Waals surface area contributed by atoms with Crippen LogP contribution in [0.1, 0.15) is 109 Å². The van der Waals surface area contributed by atoms with E-state index in [4.69, 9.17) is 4.42 Å². The van der Waals surface area contributed by atoms with Crippen LogP contribution in [0, 0.1) is 6.92 Å². The Bertz CT molecular complexity index is 2500. The van der Waals surface area contributed by atoms with E-state index in [-0.39, 0.29) is 28.5 Å². The van der Waals surface area contributed by atoms with Crippen LogP contribution in [-0.4, -0.2) is 6.85 Å². The first-order chi connectivity index (χ1) is 25.2. The van der Waals surface area contributed by atoms with Gasteiger partial charge in [0.15, 0.2) is 0 Å². The zero-order valence-corrected chi connectivity index (χ0v) is 32.9. The molecule has 53 heavy (non-hydrogen) atoms. The number of furan rings is 1. The van der Waals surface area contributed by atoms with Crippen LogP contribution in [0.4, 0.5) is 28.6 Å². The van der Waals surface area contributed by atoms with Crippen LogP contribution in [0.5, 0.6) is 0 Å². The maximum absolute atomic E-state index is 7.02. The van der Waals surface area contributed by atoms with Crippen molar-refractivity contribution in [3.63, 3.8) is 0 Å². The lowest BCUT2D eigenvalue weighted by Gasteiger charge is -2.48. The molecule has 6 aromatic rings. The number of rotatable bonds is 2. The van der Waals surface area contributed by atoms with Gasteiger partial charge in [0.25, 0.3) is 0 Å². The predicted octanol–water partition coefficient (Wildman–Crippen LogP) is 12.1. The first-order valence-corrected chi connectivity index (χ1v) is 19.8. The normalized spacial score (nSPS) is 19.6. The summed E-state index contributed by atoms with van der Waals surface area (Å²) in [5.41, 5.74) is 18.7. The first-order valence-electron chi connectivity index (χ1n) is 19.8. The van der Waals surface area contributed by atoms with E-state index >= 15 is 0 Å². The summed E-state index contributed by atoms with van der Waals surface area (Å²) in [5.74, 6) is 0.916. The molecule has 0 saturated carbocycles. The molecule has 1 aromatic heterocycles. The van der Waals surface area contributed by atoms with Gasteiger partial charge in [-0.25, -0.2) is 0 Å². The van der Waals surface area contributed by atoms with E-state index in [1.165, 1.54) is 98.0 Å². The number of anilines is 5. The lowest BCUT2D eigenvalue weighted by Crippen LogP contribution is -2.61. The fourth-order valence-corrected chi connectivity index (χ4v) is 10.5. The van der Waals surface area contributed by atoms with Gasteiger partial charge in [0.1, 0.15) is 5.58 Å². The van der Waals surface area contributed by atoms with E-state index in [1.54, 1.807) is 0 Å². The van der Waals surface area contributed by atoms with E-state index in [0.717, 1.165) is 17.2 Å². The van der Waals surface area contributed by atoms with Gasteiger partial charge in [-0.05, 0) is 142 Å². The van der Waals surface area contributed by atoms with Crippen LogP contribution in [-0.2, 0) is 21.7 Å². The molecule has 0 amide bonds. The SMILES string of the molecule is Cc1cc2c3c(c1)N(c1ccccc1)c1oc4ccccc4c1B3N(c1ccc3c(c1)C(C)(C)CCC3(C)C)c1cc3c(cc1-2)C(C)(C)CCC3(C)C. The highest BCUT2D eigenvalue weighted by molar-refractivity contribution is 6.95. The molecular formula is C49H51BN2O. The van der Waals surface area contributed by atoms with Gasteiger partial charge in [0.05, 0.1) is 0 Å². The minimum atomic E-state index is -0.0813. The Kier molecular flexibility index (Phi) is 6.65. The quantitative estimate of drug-likeness (QED) is 0.168. The highest BCUT2D eigenvalue weighted by Gasteiger charge is 2.50. The van der Waals surface area contributed by atoms with Gasteiger partial charge in [-0.2, -0.15) is 0 Å². The summed E-state index contributed by atoms with van der Waals surface area (Å²) < 4.78 is 7.02. The Balaban J connectivity index is 1.36. The molecule has 0 spiro atoms. The average Bonchev–Trinajstić information content (AvgIpc) is 3.51. The van der Waals surface area contributed by atoms with E-state index in [1.807, 2.05) is 0 Å². The lowest BCUT2D eigenvalue weighted by molar-refractivity contribution is 0.332. The molecule has 0 fully saturated rings. The van der Waals surface area contributed by atoms with E-state index in [0.29, 0.717) is 0 Å². The number of benzene rings is 5. The van der Waals surface area contributed by atoms with Crippen LogP contribution in [0.2, 0.25) is 0 Å². The average molecular weight is 695 g/mol. The van der Waals surface area contributed by atoms with Gasteiger partial charge in [0, 0.05) is 39.2 Å². The third kappa shape index (κ3) is 4.60. The third-order valence-corrected chi connectivity index (χ3v) is 13.8. The van der Waals surface area contributed by atoms with Gasteiger partial charge >= 0.3 is 6.85 Å². The fourth-order valence-electron chi connectivity index (χ4n) is 10.5. The number of nitrogens with zero attached hydrogens (tertiary/aromatic N) is 2. The van der Waals surface area contributed by atoms with Crippen molar-refractivity contribution >= 4 is 57.4 Å². The monoisotopic (exact) mass is 694 g/mol. The number of hydrogen-bond donors (Lipinski definition) is 0. The molecule has 0 bridgehead atoms. The maximum Gasteiger partial charge on any atom is 0.337 e. The van der Waals surface area contributed by atoms with Crippen molar-refractivity contribution in [2.24, 2.45) is 0 Å². The minimum Gasteiger partial charge on any atom is -0.440 e. The minimum absolute atomic E-state index is 0.0790. The van der Waals surface area contributed by atoms with Crippen molar-refractivity contribution in [1.82, 2.24) is 0 Å². The standard InChI is InChI=1S/C49H51BN2O/c1-30-25-35-34-28-38-39(49(8,9)24-23-48(38,6)7)29-40(34)52(32-19-20-36-37(27-32)47(4,5)22-21-46(36,2)3)50-43(35)41(26-30)51(31-15-11-10-12-16-31)45-44(50)33-17-13-14-18-42(33)53-45/h10-20,25-29H,21-24H2,1-9H3. The highest BCUT2D eigenvalue weighted by Crippen LogP contribution is 2.55. The summed E-state index contributed by atoms with van der Waals surface area (Å²) in [5, 5.41) is 1.18. The number of para-hydroxylation sites is 2. The van der Waals surface area contributed by atoms with E-state index < -0.39 is 0 Å². The van der Waals surface area contributed by atoms with Crippen molar-refractivity contribution in [3.05, 3.63) is 125 Å². The molecule has 0 saturated heterocycles.